The molecule has 0 spiro atoms. The Hall–Kier alpha value is -5.87. The Morgan fingerprint density at radius 2 is 0.837 bits per heavy atom. The predicted molar refractivity (Wildman–Crippen MR) is 331 cm³/mol. The van der Waals surface area contributed by atoms with E-state index < -0.39 is 156 Å². The maximum absolute atomic E-state index is 15.2. The number of carbonyl (C=O) groups is 11. The van der Waals surface area contributed by atoms with E-state index in [9.17, 15) is 48.3 Å². The maximum Gasteiger partial charge on any atom is 0.246 e. The first-order valence-electron chi connectivity index (χ1n) is 31.4. The third-order valence-corrected chi connectivity index (χ3v) is 17.3. The molecule has 1 aliphatic carbocycles. The van der Waals surface area contributed by atoms with Gasteiger partial charge in [-0.05, 0) is 112 Å². The van der Waals surface area contributed by atoms with E-state index in [1.807, 2.05) is 55.4 Å². The van der Waals surface area contributed by atoms with Crippen LogP contribution in [0.5, 0.6) is 0 Å². The second-order valence-corrected chi connectivity index (χ2v) is 27.5. The summed E-state index contributed by atoms with van der Waals surface area (Å²) in [4.78, 5) is 169. The van der Waals surface area contributed by atoms with E-state index in [1.54, 1.807) is 41.5 Å². The molecule has 492 valence electrons. The maximum atomic E-state index is 15.2. The van der Waals surface area contributed by atoms with Crippen LogP contribution in [0.2, 0.25) is 0 Å². The van der Waals surface area contributed by atoms with Gasteiger partial charge in [0.1, 0.15) is 60.4 Å². The predicted octanol–water partition coefficient (Wildman–Crippen LogP) is 3.35. The summed E-state index contributed by atoms with van der Waals surface area (Å²) >= 11 is 0. The first-order valence-corrected chi connectivity index (χ1v) is 31.4. The summed E-state index contributed by atoms with van der Waals surface area (Å²) < 4.78 is 0. The number of aliphatic hydroxyl groups is 1. The number of amides is 11. The number of likely N-dealkylation sites (N-methyl/N-ethyl adjacent to an activating group) is 7. The number of aliphatic hydroxyl groups excluding tert-OH is 1. The molecule has 2 unspecified atom stereocenters. The van der Waals surface area contributed by atoms with Gasteiger partial charge in [0.05, 0.1) is 12.6 Å². The molecule has 1 saturated carbocycles. The van der Waals surface area contributed by atoms with Gasteiger partial charge >= 0.3 is 0 Å². The van der Waals surface area contributed by atoms with Crippen molar-refractivity contribution < 1.29 is 57.8 Å². The lowest BCUT2D eigenvalue weighted by atomic mass is 9.90. The largest absolute Gasteiger partial charge is 0.390 e. The lowest BCUT2D eigenvalue weighted by Gasteiger charge is -2.41. The van der Waals surface area contributed by atoms with Gasteiger partial charge < -0.3 is 60.7 Å². The molecule has 1 saturated heterocycles. The Morgan fingerprint density at radius 1 is 0.430 bits per heavy atom. The fourth-order valence-electron chi connectivity index (χ4n) is 11.5. The fourth-order valence-corrected chi connectivity index (χ4v) is 11.5. The number of hydrogen-bond acceptors (Lipinski definition) is 12. The molecule has 2 rings (SSSR count). The molecule has 2 aliphatic rings. The third-order valence-electron chi connectivity index (χ3n) is 17.3. The highest BCUT2D eigenvalue weighted by atomic mass is 16.3. The van der Waals surface area contributed by atoms with Crippen LogP contribution in [0.1, 0.15) is 163 Å². The molecular weight excluding hydrogens is 1100 g/mol. The smallest absolute Gasteiger partial charge is 0.246 e. The molecule has 0 aromatic carbocycles. The minimum absolute atomic E-state index is 0.0378. The number of nitrogens with one attached hydrogen (secondary N) is 4. The van der Waals surface area contributed by atoms with Crippen LogP contribution in [0, 0.1) is 53.3 Å². The molecule has 0 aromatic heterocycles. The van der Waals surface area contributed by atoms with Crippen LogP contribution in [-0.2, 0) is 52.7 Å². The number of nitrogens with zero attached hydrogens (tertiary/aromatic N) is 7. The number of carbonyl (C=O) groups excluding carboxylic acids is 11. The molecular formula is C63H113N11O12. The first-order chi connectivity index (χ1) is 39.6. The van der Waals surface area contributed by atoms with Crippen molar-refractivity contribution in [2.75, 3.05) is 55.9 Å². The van der Waals surface area contributed by atoms with Crippen molar-refractivity contribution in [3.63, 3.8) is 0 Å². The minimum atomic E-state index is -1.57. The van der Waals surface area contributed by atoms with Gasteiger partial charge in [0.2, 0.25) is 65.0 Å². The topological polar surface area (TPSA) is 279 Å². The Bertz CT molecular complexity index is 2360. The van der Waals surface area contributed by atoms with Crippen molar-refractivity contribution in [3.05, 3.63) is 0 Å². The summed E-state index contributed by atoms with van der Waals surface area (Å²) in [5.74, 6) is -8.74. The Kier molecular flexibility index (Phi) is 29.7. The number of hydrogen-bond donors (Lipinski definition) is 5. The van der Waals surface area contributed by atoms with Crippen molar-refractivity contribution in [1.82, 2.24) is 55.6 Å². The van der Waals surface area contributed by atoms with Gasteiger partial charge in [-0.2, -0.15) is 0 Å². The SMILES string of the molecule is CC[C@@H]1NC(=O)[C@H]([C@H](O)[C@H](C)CC2CC2C)N(C)C(=O)[C@H](C(C)C)N(C)C(=O)[C@H](CC(C)C)N(C)C(=O)[C@H](CC(C)C)N(C)C(=O)[C@@H](C)NC(=O)[C@H](C)NC(=O)[C@H](CC(C)C)N(C)C(=O)[C@H](C(C)C)NC(=O)[C@H](CC(C)C)N(C)C(=O)CN(C)C1=O. The lowest BCUT2D eigenvalue weighted by Crippen LogP contribution is -2.63. The molecule has 23 nitrogen and oxygen atoms in total. The molecule has 86 heavy (non-hydrogen) atoms. The van der Waals surface area contributed by atoms with E-state index in [-0.39, 0.29) is 61.7 Å². The van der Waals surface area contributed by atoms with Gasteiger partial charge in [-0.1, -0.05) is 104 Å². The van der Waals surface area contributed by atoms with E-state index in [0.717, 1.165) is 16.2 Å². The highest BCUT2D eigenvalue weighted by Crippen LogP contribution is 2.43. The van der Waals surface area contributed by atoms with Crippen LogP contribution in [0.15, 0.2) is 0 Å². The third kappa shape index (κ3) is 20.6. The Labute approximate surface area is 514 Å². The molecule has 0 radical (unpaired) electrons. The molecule has 5 N–H and O–H groups in total. The fraction of sp³-hybridized carbons (Fsp3) is 0.825. The summed E-state index contributed by atoms with van der Waals surface area (Å²) in [6, 6.07) is -12.2. The van der Waals surface area contributed by atoms with Crippen LogP contribution in [-0.4, -0.2) is 227 Å². The Morgan fingerprint density at radius 3 is 1.28 bits per heavy atom. The summed E-state index contributed by atoms with van der Waals surface area (Å²) in [7, 11) is 10.0. The zero-order valence-electron chi connectivity index (χ0n) is 56.8. The van der Waals surface area contributed by atoms with Gasteiger partial charge in [-0.3, -0.25) is 52.7 Å². The van der Waals surface area contributed by atoms with Gasteiger partial charge in [0.15, 0.2) is 0 Å². The summed E-state index contributed by atoms with van der Waals surface area (Å²) in [5.41, 5.74) is 0. The molecule has 1 heterocycles. The van der Waals surface area contributed by atoms with Crippen LogP contribution in [0.25, 0.3) is 0 Å². The molecule has 1 aliphatic heterocycles. The summed E-state index contributed by atoms with van der Waals surface area (Å²) in [6.45, 7) is 29.8. The summed E-state index contributed by atoms with van der Waals surface area (Å²) in [6.07, 6.45) is 0.728. The van der Waals surface area contributed by atoms with Gasteiger partial charge in [0.25, 0.3) is 0 Å². The second kappa shape index (κ2) is 33.5. The van der Waals surface area contributed by atoms with Crippen LogP contribution in [0.4, 0.5) is 0 Å². The zero-order chi connectivity index (χ0) is 66.4. The average Bonchev–Trinajstić information content (AvgIpc) is 2.52. The Balaban J connectivity index is 2.95. The van der Waals surface area contributed by atoms with E-state index in [0.29, 0.717) is 12.3 Å². The molecule has 0 aromatic rings. The van der Waals surface area contributed by atoms with Crippen molar-refractivity contribution in [2.45, 2.75) is 229 Å². The average molecular weight is 1220 g/mol. The van der Waals surface area contributed by atoms with E-state index >= 15 is 9.59 Å². The highest BCUT2D eigenvalue weighted by molar-refractivity contribution is 5.99. The van der Waals surface area contributed by atoms with Crippen LogP contribution < -0.4 is 21.3 Å². The van der Waals surface area contributed by atoms with Crippen LogP contribution in [0.3, 0.4) is 0 Å². The second-order valence-electron chi connectivity index (χ2n) is 27.5. The van der Waals surface area contributed by atoms with E-state index in [2.05, 4.69) is 28.2 Å². The molecule has 14 atom stereocenters. The van der Waals surface area contributed by atoms with Crippen molar-refractivity contribution >= 4 is 65.0 Å². The molecule has 2 fully saturated rings. The van der Waals surface area contributed by atoms with Crippen molar-refractivity contribution in [3.8, 4) is 0 Å². The molecule has 0 bridgehead atoms. The minimum Gasteiger partial charge on any atom is -0.390 e. The quantitative estimate of drug-likeness (QED) is 0.158. The first kappa shape index (κ1) is 76.2. The normalized spacial score (nSPS) is 29.0. The van der Waals surface area contributed by atoms with Gasteiger partial charge in [-0.25, -0.2) is 0 Å². The van der Waals surface area contributed by atoms with Crippen molar-refractivity contribution in [1.29, 1.82) is 0 Å². The van der Waals surface area contributed by atoms with E-state index in [1.165, 1.54) is 87.7 Å². The lowest BCUT2D eigenvalue weighted by molar-refractivity contribution is -0.157. The standard InChI is InChI=1S/C63H113N11O12/c1-25-44-59(82)68(18)32-49(75)69(19)45(26-33(2)3)56(79)67-50(37(10)11)62(85)70(20)46(27-34(4)5)55(78)64-41(16)54(77)65-42(17)58(81)71(21)47(28-35(6)7)60(83)72(22)48(29-36(8)9)61(84)73(23)51(38(12)13)63(86)74(24)52(57(80)66-44)53(76)40(15)31-43-30-39(43)14/h33-48,50-53,76H,25-32H2,1-24H3,(H,64,78)(H,65,77)(H,66,80)(H,67,79)/t39?,40-,41+,42-,43?,44+,45+,46+,47+,48+,50+,51+,52+,53-/m1/s1. The van der Waals surface area contributed by atoms with Gasteiger partial charge in [0, 0.05) is 49.3 Å². The zero-order valence-corrected chi connectivity index (χ0v) is 56.8. The van der Waals surface area contributed by atoms with Crippen molar-refractivity contribution in [2.24, 2.45) is 53.3 Å². The monoisotopic (exact) mass is 1220 g/mol. The van der Waals surface area contributed by atoms with Crippen LogP contribution >= 0.6 is 0 Å². The highest BCUT2D eigenvalue weighted by Gasteiger charge is 2.47. The molecule has 23 heteroatoms. The number of rotatable bonds is 15. The summed E-state index contributed by atoms with van der Waals surface area (Å²) in [5, 5.41) is 23.3. The molecule has 11 amide bonds. The van der Waals surface area contributed by atoms with E-state index in [4.69, 9.17) is 0 Å². The van der Waals surface area contributed by atoms with Gasteiger partial charge in [-0.15, -0.1) is 0 Å².